The van der Waals surface area contributed by atoms with Gasteiger partial charge in [0.15, 0.2) is 0 Å². The fourth-order valence-corrected chi connectivity index (χ4v) is 3.46. The molecule has 0 aliphatic carbocycles. The molecule has 2 heterocycles. The van der Waals surface area contributed by atoms with E-state index in [1.165, 1.54) is 37.2 Å². The Kier molecular flexibility index (Phi) is 4.81. The van der Waals surface area contributed by atoms with E-state index in [-0.39, 0.29) is 12.1 Å². The number of hydrogen-bond acceptors (Lipinski definition) is 6. The second-order valence-corrected chi connectivity index (χ2v) is 6.40. The molecule has 0 aliphatic heterocycles. The van der Waals surface area contributed by atoms with E-state index in [1.54, 1.807) is 29.6 Å². The van der Waals surface area contributed by atoms with Gasteiger partial charge in [0.05, 0.1) is 25.4 Å². The highest BCUT2D eigenvalue weighted by atomic mass is 32.1. The Hall–Kier alpha value is -3.07. The molecule has 0 fully saturated rings. The van der Waals surface area contributed by atoms with Gasteiger partial charge in [-0.3, -0.25) is 18.7 Å². The summed E-state index contributed by atoms with van der Waals surface area (Å²) in [4.78, 5) is 37.0. The van der Waals surface area contributed by atoms with Crippen molar-refractivity contribution in [3.63, 3.8) is 0 Å². The van der Waals surface area contributed by atoms with E-state index in [9.17, 15) is 14.4 Å². The van der Waals surface area contributed by atoms with Gasteiger partial charge in [0.1, 0.15) is 22.7 Å². The molecule has 0 aliphatic rings. The number of thiophene rings is 1. The first-order valence-corrected chi connectivity index (χ1v) is 8.53. The SMILES string of the molecule is COc1ccc(NC(=O)Cn2c(=O)n(C)c(=O)c3sccc32)c(OC)c1. The highest BCUT2D eigenvalue weighted by Gasteiger charge is 2.15. The average molecular weight is 375 g/mol. The van der Waals surface area contributed by atoms with Crippen LogP contribution in [0, 0.1) is 0 Å². The number of carbonyl (C=O) groups is 1. The largest absolute Gasteiger partial charge is 0.497 e. The quantitative estimate of drug-likeness (QED) is 0.728. The topological polar surface area (TPSA) is 91.6 Å². The monoisotopic (exact) mass is 375 g/mol. The third-order valence-electron chi connectivity index (χ3n) is 3.94. The minimum absolute atomic E-state index is 0.227. The molecule has 0 radical (unpaired) electrons. The average Bonchev–Trinajstić information content (AvgIpc) is 3.13. The summed E-state index contributed by atoms with van der Waals surface area (Å²) in [6.07, 6.45) is 0. The zero-order chi connectivity index (χ0) is 18.8. The number of hydrogen-bond donors (Lipinski definition) is 1. The van der Waals surface area contributed by atoms with Gasteiger partial charge in [0, 0.05) is 13.1 Å². The van der Waals surface area contributed by atoms with Crippen LogP contribution in [-0.2, 0) is 18.4 Å². The Morgan fingerprint density at radius 1 is 1.19 bits per heavy atom. The maximum absolute atomic E-state index is 12.5. The fraction of sp³-hybridized carbons (Fsp3) is 0.235. The molecule has 0 spiro atoms. The zero-order valence-corrected chi connectivity index (χ0v) is 15.3. The number of aromatic nitrogens is 2. The van der Waals surface area contributed by atoms with Gasteiger partial charge in [0.2, 0.25) is 5.91 Å². The Bertz CT molecular complexity index is 1100. The van der Waals surface area contributed by atoms with Crippen LogP contribution in [0.25, 0.3) is 10.2 Å². The van der Waals surface area contributed by atoms with Gasteiger partial charge >= 0.3 is 5.69 Å². The van der Waals surface area contributed by atoms with Crippen molar-refractivity contribution in [2.75, 3.05) is 19.5 Å². The van der Waals surface area contributed by atoms with E-state index in [4.69, 9.17) is 9.47 Å². The van der Waals surface area contributed by atoms with Crippen molar-refractivity contribution in [1.29, 1.82) is 0 Å². The van der Waals surface area contributed by atoms with Crippen molar-refractivity contribution in [2.45, 2.75) is 6.54 Å². The number of ether oxygens (including phenoxy) is 2. The maximum Gasteiger partial charge on any atom is 0.331 e. The molecule has 0 saturated carbocycles. The molecule has 0 unspecified atom stereocenters. The second-order valence-electron chi connectivity index (χ2n) is 5.48. The van der Waals surface area contributed by atoms with E-state index in [2.05, 4.69) is 5.32 Å². The van der Waals surface area contributed by atoms with Crippen molar-refractivity contribution < 1.29 is 14.3 Å². The predicted octanol–water partition coefficient (Wildman–Crippen LogP) is 1.42. The third kappa shape index (κ3) is 3.08. The molecule has 1 aromatic carbocycles. The number of rotatable bonds is 5. The predicted molar refractivity (Wildman–Crippen MR) is 99.5 cm³/mol. The molecule has 0 bridgehead atoms. The van der Waals surface area contributed by atoms with Crippen molar-refractivity contribution >= 4 is 33.1 Å². The number of anilines is 1. The van der Waals surface area contributed by atoms with Crippen LogP contribution in [0.2, 0.25) is 0 Å². The molecule has 0 atom stereocenters. The highest BCUT2D eigenvalue weighted by molar-refractivity contribution is 7.17. The van der Waals surface area contributed by atoms with Gasteiger partial charge in [-0.25, -0.2) is 4.79 Å². The standard InChI is InChI=1S/C17H17N3O5S/c1-19-16(22)15-12(6-7-26-15)20(17(19)23)9-14(21)18-11-5-4-10(24-2)8-13(11)25-3/h4-8H,9H2,1-3H3,(H,18,21). The Balaban J connectivity index is 1.93. The van der Waals surface area contributed by atoms with E-state index < -0.39 is 11.6 Å². The second kappa shape index (κ2) is 7.04. The molecule has 1 amide bonds. The summed E-state index contributed by atoms with van der Waals surface area (Å²) in [5, 5.41) is 4.43. The molecule has 1 N–H and O–H groups in total. The first-order chi connectivity index (χ1) is 12.5. The van der Waals surface area contributed by atoms with Crippen LogP contribution in [-0.4, -0.2) is 29.3 Å². The van der Waals surface area contributed by atoms with Crippen LogP contribution < -0.4 is 26.0 Å². The number of nitrogens with zero attached hydrogens (tertiary/aromatic N) is 2. The highest BCUT2D eigenvalue weighted by Crippen LogP contribution is 2.29. The van der Waals surface area contributed by atoms with Crippen molar-refractivity contribution in [1.82, 2.24) is 9.13 Å². The Morgan fingerprint density at radius 3 is 2.65 bits per heavy atom. The zero-order valence-electron chi connectivity index (χ0n) is 14.4. The van der Waals surface area contributed by atoms with Crippen molar-refractivity contribution in [3.05, 3.63) is 50.5 Å². The molecule has 26 heavy (non-hydrogen) atoms. The summed E-state index contributed by atoms with van der Waals surface area (Å²) < 4.78 is 13.1. The van der Waals surface area contributed by atoms with Gasteiger partial charge < -0.3 is 14.8 Å². The van der Waals surface area contributed by atoms with Gasteiger partial charge in [-0.05, 0) is 23.6 Å². The van der Waals surface area contributed by atoms with Gasteiger partial charge in [-0.2, -0.15) is 0 Å². The molecular weight excluding hydrogens is 358 g/mol. The van der Waals surface area contributed by atoms with Gasteiger partial charge in [-0.1, -0.05) is 0 Å². The lowest BCUT2D eigenvalue weighted by molar-refractivity contribution is -0.116. The van der Waals surface area contributed by atoms with Gasteiger partial charge in [-0.15, -0.1) is 11.3 Å². The maximum atomic E-state index is 12.5. The molecule has 8 nitrogen and oxygen atoms in total. The molecule has 0 saturated heterocycles. The summed E-state index contributed by atoms with van der Waals surface area (Å²) >= 11 is 1.23. The summed E-state index contributed by atoms with van der Waals surface area (Å²) in [6, 6.07) is 6.64. The number of nitrogens with one attached hydrogen (secondary N) is 1. The van der Waals surface area contributed by atoms with Gasteiger partial charge in [0.25, 0.3) is 5.56 Å². The summed E-state index contributed by atoms with van der Waals surface area (Å²) in [5.74, 6) is 0.613. The lowest BCUT2D eigenvalue weighted by Gasteiger charge is -2.13. The third-order valence-corrected chi connectivity index (χ3v) is 4.83. The van der Waals surface area contributed by atoms with Crippen molar-refractivity contribution in [2.24, 2.45) is 7.05 Å². The summed E-state index contributed by atoms with van der Waals surface area (Å²) in [5.41, 5.74) is -0.0103. The van der Waals surface area contributed by atoms with Crippen LogP contribution in [0.3, 0.4) is 0 Å². The van der Waals surface area contributed by atoms with Crippen molar-refractivity contribution in [3.8, 4) is 11.5 Å². The molecule has 3 rings (SSSR count). The fourth-order valence-electron chi connectivity index (χ4n) is 2.59. The number of fused-ring (bicyclic) bond motifs is 1. The van der Waals surface area contributed by atoms with E-state index in [1.807, 2.05) is 0 Å². The summed E-state index contributed by atoms with van der Waals surface area (Å²) in [7, 11) is 4.41. The minimum atomic E-state index is -0.544. The first kappa shape index (κ1) is 17.7. The lowest BCUT2D eigenvalue weighted by Crippen LogP contribution is -2.39. The van der Waals surface area contributed by atoms with Crippen LogP contribution in [0.15, 0.2) is 39.2 Å². The number of carbonyl (C=O) groups excluding carboxylic acids is 1. The molecular formula is C17H17N3O5S. The smallest absolute Gasteiger partial charge is 0.331 e. The van der Waals surface area contributed by atoms with E-state index >= 15 is 0 Å². The minimum Gasteiger partial charge on any atom is -0.497 e. The Morgan fingerprint density at radius 2 is 1.96 bits per heavy atom. The number of benzene rings is 1. The van der Waals surface area contributed by atoms with Crippen LogP contribution >= 0.6 is 11.3 Å². The van der Waals surface area contributed by atoms with Crippen LogP contribution in [0.1, 0.15) is 0 Å². The summed E-state index contributed by atoms with van der Waals surface area (Å²) in [6.45, 7) is -0.227. The number of amides is 1. The number of methoxy groups -OCH3 is 2. The first-order valence-electron chi connectivity index (χ1n) is 7.65. The van der Waals surface area contributed by atoms with E-state index in [0.29, 0.717) is 27.4 Å². The van der Waals surface area contributed by atoms with Crippen LogP contribution in [0.5, 0.6) is 11.5 Å². The molecule has 9 heteroatoms. The van der Waals surface area contributed by atoms with E-state index in [0.717, 1.165) is 4.57 Å². The van der Waals surface area contributed by atoms with Crippen LogP contribution in [0.4, 0.5) is 5.69 Å². The Labute approximate surface area is 152 Å². The normalized spacial score (nSPS) is 10.7. The lowest BCUT2D eigenvalue weighted by atomic mass is 10.2. The molecule has 3 aromatic rings. The molecule has 2 aromatic heterocycles. The molecule has 136 valence electrons.